The van der Waals surface area contributed by atoms with Crippen LogP contribution >= 0.6 is 0 Å². The molecule has 4 nitrogen and oxygen atoms in total. The third-order valence-electron chi connectivity index (χ3n) is 3.23. The van der Waals surface area contributed by atoms with E-state index in [9.17, 15) is 12.8 Å². The van der Waals surface area contributed by atoms with Gasteiger partial charge in [-0.25, -0.2) is 17.5 Å². The molecule has 3 N–H and O–H groups in total. The molecule has 0 radical (unpaired) electrons. The third-order valence-corrected chi connectivity index (χ3v) is 4.63. The molecule has 21 heavy (non-hydrogen) atoms. The second-order valence-corrected chi connectivity index (χ2v) is 6.51. The minimum Gasteiger partial charge on any atom is -0.326 e. The zero-order chi connectivity index (χ0) is 15.5. The highest BCUT2D eigenvalue weighted by molar-refractivity contribution is 7.89. The Hall–Kier alpha value is -1.76. The molecular weight excluding hydrogens is 291 g/mol. The minimum atomic E-state index is -3.62. The predicted molar refractivity (Wildman–Crippen MR) is 79.5 cm³/mol. The molecule has 0 heterocycles. The van der Waals surface area contributed by atoms with Crippen molar-refractivity contribution < 1.29 is 12.8 Å². The van der Waals surface area contributed by atoms with Crippen LogP contribution in [0, 0.1) is 12.7 Å². The summed E-state index contributed by atoms with van der Waals surface area (Å²) in [5, 5.41) is 0. The summed E-state index contributed by atoms with van der Waals surface area (Å²) in [6.45, 7) is 2.27. The molecule has 0 unspecified atom stereocenters. The predicted octanol–water partition coefficient (Wildman–Crippen LogP) is 2.07. The lowest BCUT2D eigenvalue weighted by molar-refractivity contribution is 0.581. The van der Waals surface area contributed by atoms with E-state index >= 15 is 0 Å². The number of nitrogens with one attached hydrogen (secondary N) is 1. The first kappa shape index (κ1) is 15.6. The summed E-state index contributed by atoms with van der Waals surface area (Å²) in [7, 11) is -3.62. The van der Waals surface area contributed by atoms with Gasteiger partial charge in [-0.15, -0.1) is 0 Å². The van der Waals surface area contributed by atoms with Crippen LogP contribution in [0.4, 0.5) is 4.39 Å². The van der Waals surface area contributed by atoms with Crippen molar-refractivity contribution in [2.75, 3.05) is 0 Å². The zero-order valence-corrected chi connectivity index (χ0v) is 12.5. The lowest BCUT2D eigenvalue weighted by atomic mass is 10.1. The number of halogens is 1. The van der Waals surface area contributed by atoms with E-state index in [4.69, 9.17) is 5.73 Å². The number of rotatable bonds is 5. The maximum absolute atomic E-state index is 12.8. The first-order chi connectivity index (χ1) is 9.92. The van der Waals surface area contributed by atoms with Gasteiger partial charge in [0.2, 0.25) is 10.0 Å². The van der Waals surface area contributed by atoms with Crippen LogP contribution in [-0.2, 0) is 23.1 Å². The largest absolute Gasteiger partial charge is 0.326 e. The fourth-order valence-electron chi connectivity index (χ4n) is 1.90. The SMILES string of the molecule is Cc1ccc(S(=O)(=O)NCc2ccc(F)cc2)cc1CN. The standard InChI is InChI=1S/C15H17FN2O2S/c1-11-2-7-15(8-13(11)9-17)21(19,20)18-10-12-3-5-14(16)6-4-12/h2-8,18H,9-10,17H2,1H3. The average Bonchev–Trinajstić information content (AvgIpc) is 2.47. The summed E-state index contributed by atoms with van der Waals surface area (Å²) >= 11 is 0. The van der Waals surface area contributed by atoms with Crippen molar-refractivity contribution in [3.05, 3.63) is 65.0 Å². The van der Waals surface area contributed by atoms with E-state index in [0.717, 1.165) is 11.1 Å². The highest BCUT2D eigenvalue weighted by atomic mass is 32.2. The van der Waals surface area contributed by atoms with Gasteiger partial charge in [-0.05, 0) is 47.9 Å². The number of hydrogen-bond donors (Lipinski definition) is 2. The van der Waals surface area contributed by atoms with Crippen LogP contribution in [-0.4, -0.2) is 8.42 Å². The zero-order valence-electron chi connectivity index (χ0n) is 11.6. The van der Waals surface area contributed by atoms with Crippen LogP contribution in [0.15, 0.2) is 47.4 Å². The van der Waals surface area contributed by atoms with Gasteiger partial charge in [0, 0.05) is 13.1 Å². The molecule has 0 aliphatic carbocycles. The summed E-state index contributed by atoms with van der Waals surface area (Å²) in [5.41, 5.74) is 8.02. The molecule has 0 fully saturated rings. The van der Waals surface area contributed by atoms with Crippen LogP contribution in [0.2, 0.25) is 0 Å². The summed E-state index contributed by atoms with van der Waals surface area (Å²) in [6, 6.07) is 10.5. The van der Waals surface area contributed by atoms with Crippen molar-refractivity contribution in [1.82, 2.24) is 4.72 Å². The highest BCUT2D eigenvalue weighted by Crippen LogP contribution is 2.15. The molecule has 112 valence electrons. The molecular formula is C15H17FN2O2S. The van der Waals surface area contributed by atoms with Gasteiger partial charge in [-0.3, -0.25) is 0 Å². The van der Waals surface area contributed by atoms with E-state index in [0.29, 0.717) is 5.56 Å². The molecule has 0 bridgehead atoms. The molecule has 0 aliphatic rings. The first-order valence-electron chi connectivity index (χ1n) is 6.46. The Balaban J connectivity index is 2.16. The smallest absolute Gasteiger partial charge is 0.240 e. The Kier molecular flexibility index (Phi) is 4.72. The summed E-state index contributed by atoms with van der Waals surface area (Å²) < 4.78 is 39.7. The van der Waals surface area contributed by atoms with Crippen LogP contribution in [0.3, 0.4) is 0 Å². The number of nitrogens with two attached hydrogens (primary N) is 1. The molecule has 6 heteroatoms. The van der Waals surface area contributed by atoms with Crippen molar-refractivity contribution in [2.24, 2.45) is 5.73 Å². The summed E-state index contributed by atoms with van der Waals surface area (Å²) in [6.07, 6.45) is 0. The summed E-state index contributed by atoms with van der Waals surface area (Å²) in [4.78, 5) is 0.177. The van der Waals surface area contributed by atoms with Gasteiger partial charge >= 0.3 is 0 Å². The lowest BCUT2D eigenvalue weighted by Crippen LogP contribution is -2.23. The molecule has 0 amide bonds. The maximum atomic E-state index is 12.8. The molecule has 0 aromatic heterocycles. The van der Waals surface area contributed by atoms with Gasteiger partial charge in [0.05, 0.1) is 4.90 Å². The number of hydrogen-bond acceptors (Lipinski definition) is 3. The van der Waals surface area contributed by atoms with E-state index in [2.05, 4.69) is 4.72 Å². The lowest BCUT2D eigenvalue weighted by Gasteiger charge is -2.10. The van der Waals surface area contributed by atoms with Crippen molar-refractivity contribution in [2.45, 2.75) is 24.9 Å². The monoisotopic (exact) mass is 308 g/mol. The molecule has 0 aliphatic heterocycles. The van der Waals surface area contributed by atoms with Crippen molar-refractivity contribution >= 4 is 10.0 Å². The van der Waals surface area contributed by atoms with Crippen molar-refractivity contribution in [3.63, 3.8) is 0 Å². The van der Waals surface area contributed by atoms with Crippen LogP contribution in [0.1, 0.15) is 16.7 Å². The first-order valence-corrected chi connectivity index (χ1v) is 7.94. The normalized spacial score (nSPS) is 11.6. The topological polar surface area (TPSA) is 72.2 Å². The average molecular weight is 308 g/mol. The van der Waals surface area contributed by atoms with Crippen LogP contribution in [0.5, 0.6) is 0 Å². The Morgan fingerprint density at radius 1 is 1.14 bits per heavy atom. The molecule has 0 spiro atoms. The van der Waals surface area contributed by atoms with E-state index in [1.807, 2.05) is 6.92 Å². The fourth-order valence-corrected chi connectivity index (χ4v) is 2.97. The molecule has 0 saturated heterocycles. The Morgan fingerprint density at radius 3 is 2.43 bits per heavy atom. The van der Waals surface area contributed by atoms with Gasteiger partial charge in [0.25, 0.3) is 0 Å². The summed E-state index contributed by atoms with van der Waals surface area (Å²) in [5.74, 6) is -0.354. The van der Waals surface area contributed by atoms with Crippen molar-refractivity contribution in [1.29, 1.82) is 0 Å². The highest BCUT2D eigenvalue weighted by Gasteiger charge is 2.14. The number of sulfonamides is 1. The van der Waals surface area contributed by atoms with Crippen LogP contribution in [0.25, 0.3) is 0 Å². The van der Waals surface area contributed by atoms with Crippen LogP contribution < -0.4 is 10.5 Å². The van der Waals surface area contributed by atoms with E-state index in [-0.39, 0.29) is 23.8 Å². The second-order valence-electron chi connectivity index (χ2n) is 4.74. The third kappa shape index (κ3) is 3.87. The van der Waals surface area contributed by atoms with Gasteiger partial charge < -0.3 is 5.73 Å². The van der Waals surface area contributed by atoms with Gasteiger partial charge in [-0.1, -0.05) is 18.2 Å². The quantitative estimate of drug-likeness (QED) is 0.888. The number of aryl methyl sites for hydroxylation is 1. The van der Waals surface area contributed by atoms with Gasteiger partial charge in [0.1, 0.15) is 5.82 Å². The molecule has 2 aromatic carbocycles. The molecule has 2 rings (SSSR count). The maximum Gasteiger partial charge on any atom is 0.240 e. The Morgan fingerprint density at radius 2 is 1.81 bits per heavy atom. The van der Waals surface area contributed by atoms with E-state index in [1.165, 1.54) is 24.3 Å². The second kappa shape index (κ2) is 6.34. The minimum absolute atomic E-state index is 0.106. The molecule has 0 saturated carbocycles. The Bertz CT molecular complexity index is 728. The number of benzene rings is 2. The molecule has 2 aromatic rings. The van der Waals surface area contributed by atoms with Gasteiger partial charge in [-0.2, -0.15) is 0 Å². The van der Waals surface area contributed by atoms with E-state index < -0.39 is 10.0 Å². The fraction of sp³-hybridized carbons (Fsp3) is 0.200. The Labute approximate surface area is 123 Å². The van der Waals surface area contributed by atoms with Gasteiger partial charge in [0.15, 0.2) is 0 Å². The van der Waals surface area contributed by atoms with Crippen molar-refractivity contribution in [3.8, 4) is 0 Å². The van der Waals surface area contributed by atoms with E-state index in [1.54, 1.807) is 18.2 Å². The molecule has 0 atom stereocenters.